The smallest absolute Gasteiger partial charge is 0.124 e. The van der Waals surface area contributed by atoms with Crippen molar-refractivity contribution in [3.63, 3.8) is 0 Å². The van der Waals surface area contributed by atoms with Crippen LogP contribution in [0, 0.1) is 5.82 Å². The van der Waals surface area contributed by atoms with Gasteiger partial charge in [-0.2, -0.15) is 0 Å². The van der Waals surface area contributed by atoms with Crippen LogP contribution in [0.5, 0.6) is 5.75 Å². The average Bonchev–Trinajstić information content (AvgIpc) is 2.46. The highest BCUT2D eigenvalue weighted by Crippen LogP contribution is 2.25. The SMILES string of the molecule is CC(C)N1CCOC(COc2ccc(F)cc2[C@@H](C)N)C1. The number of ether oxygens (including phenoxy) is 2. The van der Waals surface area contributed by atoms with Gasteiger partial charge in [0, 0.05) is 30.7 Å². The van der Waals surface area contributed by atoms with E-state index in [-0.39, 0.29) is 18.0 Å². The van der Waals surface area contributed by atoms with Crippen molar-refractivity contribution >= 4 is 0 Å². The Kier molecular flexibility index (Phi) is 5.56. The number of hydrogen-bond donors (Lipinski definition) is 1. The lowest BCUT2D eigenvalue weighted by Gasteiger charge is -2.35. The molecule has 0 saturated carbocycles. The molecule has 1 heterocycles. The summed E-state index contributed by atoms with van der Waals surface area (Å²) < 4.78 is 24.9. The van der Waals surface area contributed by atoms with Gasteiger partial charge in [0.05, 0.1) is 6.61 Å². The minimum absolute atomic E-state index is 0.0344. The first-order valence-corrected chi connectivity index (χ1v) is 7.51. The van der Waals surface area contributed by atoms with Crippen LogP contribution in [0.1, 0.15) is 32.4 Å². The summed E-state index contributed by atoms with van der Waals surface area (Å²) in [6.45, 7) is 9.15. The topological polar surface area (TPSA) is 47.7 Å². The van der Waals surface area contributed by atoms with Crippen LogP contribution in [-0.2, 0) is 4.74 Å². The molecule has 21 heavy (non-hydrogen) atoms. The van der Waals surface area contributed by atoms with Crippen LogP contribution in [0.25, 0.3) is 0 Å². The standard InChI is InChI=1S/C16H25FN2O2/c1-11(2)19-6-7-20-14(9-19)10-21-16-5-4-13(17)8-15(16)12(3)18/h4-5,8,11-12,14H,6-7,9-10,18H2,1-3H3/t12-,14?/m1/s1. The van der Waals surface area contributed by atoms with E-state index in [1.165, 1.54) is 12.1 Å². The Labute approximate surface area is 126 Å². The Morgan fingerprint density at radius 3 is 2.86 bits per heavy atom. The Morgan fingerprint density at radius 1 is 1.43 bits per heavy atom. The van der Waals surface area contributed by atoms with E-state index in [2.05, 4.69) is 18.7 Å². The average molecular weight is 296 g/mol. The van der Waals surface area contributed by atoms with Gasteiger partial charge >= 0.3 is 0 Å². The summed E-state index contributed by atoms with van der Waals surface area (Å²) in [7, 11) is 0. The first-order valence-electron chi connectivity index (χ1n) is 7.51. The van der Waals surface area contributed by atoms with Crippen molar-refractivity contribution in [3.8, 4) is 5.75 Å². The molecule has 0 bridgehead atoms. The Bertz CT molecular complexity index is 466. The van der Waals surface area contributed by atoms with E-state index in [1.54, 1.807) is 6.07 Å². The maximum atomic E-state index is 13.3. The van der Waals surface area contributed by atoms with Crippen LogP contribution in [0.2, 0.25) is 0 Å². The molecule has 1 aliphatic rings. The van der Waals surface area contributed by atoms with E-state index in [0.717, 1.165) is 19.7 Å². The monoisotopic (exact) mass is 296 g/mol. The molecule has 118 valence electrons. The lowest BCUT2D eigenvalue weighted by atomic mass is 10.1. The van der Waals surface area contributed by atoms with Crippen molar-refractivity contribution in [2.24, 2.45) is 5.73 Å². The second kappa shape index (κ2) is 7.20. The van der Waals surface area contributed by atoms with Crippen molar-refractivity contribution < 1.29 is 13.9 Å². The molecule has 4 nitrogen and oxygen atoms in total. The second-order valence-electron chi connectivity index (χ2n) is 5.86. The highest BCUT2D eigenvalue weighted by atomic mass is 19.1. The fourth-order valence-electron chi connectivity index (χ4n) is 2.50. The summed E-state index contributed by atoms with van der Waals surface area (Å²) in [5, 5.41) is 0. The van der Waals surface area contributed by atoms with Gasteiger partial charge in [0.25, 0.3) is 0 Å². The molecular formula is C16H25FN2O2. The van der Waals surface area contributed by atoms with E-state index >= 15 is 0 Å². The van der Waals surface area contributed by atoms with E-state index in [0.29, 0.717) is 24.0 Å². The van der Waals surface area contributed by atoms with Gasteiger partial charge in [-0.15, -0.1) is 0 Å². The first kappa shape index (κ1) is 16.2. The quantitative estimate of drug-likeness (QED) is 0.906. The molecule has 1 aliphatic heterocycles. The van der Waals surface area contributed by atoms with Crippen molar-refractivity contribution in [3.05, 3.63) is 29.6 Å². The summed E-state index contributed by atoms with van der Waals surface area (Å²) >= 11 is 0. The van der Waals surface area contributed by atoms with E-state index < -0.39 is 0 Å². The third kappa shape index (κ3) is 4.40. The van der Waals surface area contributed by atoms with Crippen LogP contribution in [0.15, 0.2) is 18.2 Å². The van der Waals surface area contributed by atoms with Crippen molar-refractivity contribution in [2.75, 3.05) is 26.3 Å². The maximum absolute atomic E-state index is 13.3. The molecular weight excluding hydrogens is 271 g/mol. The van der Waals surface area contributed by atoms with E-state index in [4.69, 9.17) is 15.2 Å². The van der Waals surface area contributed by atoms with Crippen LogP contribution in [-0.4, -0.2) is 43.3 Å². The maximum Gasteiger partial charge on any atom is 0.124 e. The van der Waals surface area contributed by atoms with Crippen LogP contribution in [0.4, 0.5) is 4.39 Å². The molecule has 1 saturated heterocycles. The third-order valence-corrected chi connectivity index (χ3v) is 3.79. The predicted octanol–water partition coefficient (Wildman–Crippen LogP) is 2.33. The van der Waals surface area contributed by atoms with Crippen molar-refractivity contribution in [1.29, 1.82) is 0 Å². The van der Waals surface area contributed by atoms with Crippen molar-refractivity contribution in [1.82, 2.24) is 4.90 Å². The number of morpholine rings is 1. The zero-order valence-corrected chi connectivity index (χ0v) is 13.0. The van der Waals surface area contributed by atoms with Gasteiger partial charge in [-0.3, -0.25) is 4.90 Å². The van der Waals surface area contributed by atoms with E-state index in [1.807, 2.05) is 6.92 Å². The lowest BCUT2D eigenvalue weighted by Crippen LogP contribution is -2.47. The molecule has 5 heteroatoms. The Morgan fingerprint density at radius 2 is 2.19 bits per heavy atom. The molecule has 2 N–H and O–H groups in total. The van der Waals surface area contributed by atoms with Gasteiger partial charge in [0.2, 0.25) is 0 Å². The van der Waals surface area contributed by atoms with Crippen LogP contribution in [0.3, 0.4) is 0 Å². The minimum atomic E-state index is -0.297. The predicted molar refractivity (Wildman–Crippen MR) is 80.9 cm³/mol. The molecule has 2 rings (SSSR count). The highest BCUT2D eigenvalue weighted by Gasteiger charge is 2.23. The van der Waals surface area contributed by atoms with Gasteiger partial charge < -0.3 is 15.2 Å². The molecule has 0 spiro atoms. The molecule has 0 aromatic heterocycles. The van der Waals surface area contributed by atoms with Crippen LogP contribution < -0.4 is 10.5 Å². The largest absolute Gasteiger partial charge is 0.490 e. The van der Waals surface area contributed by atoms with Crippen molar-refractivity contribution in [2.45, 2.75) is 39.0 Å². The minimum Gasteiger partial charge on any atom is -0.490 e. The van der Waals surface area contributed by atoms with E-state index in [9.17, 15) is 4.39 Å². The highest BCUT2D eigenvalue weighted by molar-refractivity contribution is 5.36. The zero-order valence-electron chi connectivity index (χ0n) is 13.0. The number of hydrogen-bond acceptors (Lipinski definition) is 4. The number of nitrogens with two attached hydrogens (primary N) is 1. The summed E-state index contributed by atoms with van der Waals surface area (Å²) in [6, 6.07) is 4.69. The molecule has 0 radical (unpaired) electrons. The van der Waals surface area contributed by atoms with Crippen LogP contribution >= 0.6 is 0 Å². The van der Waals surface area contributed by atoms with Gasteiger partial charge in [-0.25, -0.2) is 4.39 Å². The summed E-state index contributed by atoms with van der Waals surface area (Å²) in [5.74, 6) is 0.339. The van der Waals surface area contributed by atoms with Gasteiger partial charge in [0.1, 0.15) is 24.3 Å². The fraction of sp³-hybridized carbons (Fsp3) is 0.625. The normalized spacial score (nSPS) is 21.5. The molecule has 1 fully saturated rings. The molecule has 0 amide bonds. The Balaban J connectivity index is 1.96. The Hall–Kier alpha value is -1.17. The molecule has 0 aliphatic carbocycles. The third-order valence-electron chi connectivity index (χ3n) is 3.79. The second-order valence-corrected chi connectivity index (χ2v) is 5.86. The zero-order chi connectivity index (χ0) is 15.4. The number of rotatable bonds is 5. The summed E-state index contributed by atoms with van der Waals surface area (Å²) in [4.78, 5) is 2.37. The number of halogens is 1. The van der Waals surface area contributed by atoms with Gasteiger partial charge in [-0.05, 0) is 39.0 Å². The lowest BCUT2D eigenvalue weighted by molar-refractivity contribution is -0.0565. The molecule has 2 atom stereocenters. The fourth-order valence-corrected chi connectivity index (χ4v) is 2.50. The molecule has 1 aromatic carbocycles. The first-order chi connectivity index (χ1) is 9.97. The van der Waals surface area contributed by atoms with Gasteiger partial charge in [0.15, 0.2) is 0 Å². The molecule has 1 aromatic rings. The molecule has 1 unspecified atom stereocenters. The van der Waals surface area contributed by atoms with Gasteiger partial charge in [-0.1, -0.05) is 0 Å². The summed E-state index contributed by atoms with van der Waals surface area (Å²) in [5.41, 5.74) is 6.55. The number of benzene rings is 1. The number of nitrogens with zero attached hydrogens (tertiary/aromatic N) is 1. The summed E-state index contributed by atoms with van der Waals surface area (Å²) in [6.07, 6.45) is 0.0344.